The minimum absolute atomic E-state index is 0.859. The number of para-hydroxylation sites is 2. The molecule has 0 N–H and O–H groups in total. The van der Waals surface area contributed by atoms with E-state index >= 15 is 0 Å². The number of nitrogens with zero attached hydrogens (tertiary/aromatic N) is 2. The molecule has 7 aromatic carbocycles. The van der Waals surface area contributed by atoms with Gasteiger partial charge in [-0.2, -0.15) is 0 Å². The number of benzene rings is 7. The van der Waals surface area contributed by atoms with Gasteiger partial charge in [-0.3, -0.25) is 0 Å². The largest absolute Gasteiger partial charge is 0.456 e. The van der Waals surface area contributed by atoms with Gasteiger partial charge < -0.3 is 4.42 Å². The van der Waals surface area contributed by atoms with Crippen LogP contribution in [0.5, 0.6) is 0 Å². The van der Waals surface area contributed by atoms with E-state index in [1.54, 1.807) is 11.3 Å². The van der Waals surface area contributed by atoms with E-state index in [-0.39, 0.29) is 0 Å². The van der Waals surface area contributed by atoms with E-state index in [4.69, 9.17) is 14.4 Å². The van der Waals surface area contributed by atoms with Crippen LogP contribution in [0.15, 0.2) is 162 Å². The second-order valence-electron chi connectivity index (χ2n) is 12.1. The minimum Gasteiger partial charge on any atom is -0.456 e. The Balaban J connectivity index is 1.26. The normalized spacial score (nSPS) is 11.8. The molecule has 0 saturated carbocycles. The molecule has 10 aromatic rings. The standard InChI is InChI=1S/C44H26N2OS/c1-3-12-27(13-4-1)43-34-26-38-42(33-19-8-10-21-37(33)47-38)40(41(34)32-18-7-9-20-35(32)45-43)31-17-11-16-29(24-31)30-22-23-36-39(25-30)48-44(46-36)28-14-5-2-6-15-28/h1-26H. The highest BCUT2D eigenvalue weighted by Gasteiger charge is 2.22. The minimum atomic E-state index is 0.859. The highest BCUT2D eigenvalue weighted by molar-refractivity contribution is 7.21. The van der Waals surface area contributed by atoms with Crippen LogP contribution in [0.1, 0.15) is 0 Å². The average molecular weight is 631 g/mol. The molecule has 0 spiro atoms. The molecular formula is C44H26N2OS. The predicted octanol–water partition coefficient (Wildman–Crippen LogP) is 12.6. The van der Waals surface area contributed by atoms with E-state index in [9.17, 15) is 0 Å². The van der Waals surface area contributed by atoms with Gasteiger partial charge in [0.1, 0.15) is 16.2 Å². The number of hydrogen-bond acceptors (Lipinski definition) is 4. The maximum absolute atomic E-state index is 6.59. The van der Waals surface area contributed by atoms with Gasteiger partial charge in [0.25, 0.3) is 0 Å². The number of aromatic nitrogens is 2. The van der Waals surface area contributed by atoms with E-state index < -0.39 is 0 Å². The fourth-order valence-electron chi connectivity index (χ4n) is 7.08. The first-order chi connectivity index (χ1) is 23.8. The van der Waals surface area contributed by atoms with Gasteiger partial charge in [-0.05, 0) is 53.1 Å². The molecule has 4 heteroatoms. The Kier molecular flexibility index (Phi) is 6.05. The SMILES string of the molecule is c1ccc(-c2nc3ccc(-c4cccc(-c5c6c(cc7c(-c8ccccc8)nc8ccccc8c57)oc5ccccc56)c4)cc3s2)cc1. The van der Waals surface area contributed by atoms with Crippen LogP contribution >= 0.6 is 11.3 Å². The highest BCUT2D eigenvalue weighted by atomic mass is 32.1. The van der Waals surface area contributed by atoms with E-state index in [0.717, 1.165) is 87.8 Å². The van der Waals surface area contributed by atoms with Gasteiger partial charge >= 0.3 is 0 Å². The zero-order chi connectivity index (χ0) is 31.6. The van der Waals surface area contributed by atoms with Gasteiger partial charge in [-0.1, -0.05) is 121 Å². The van der Waals surface area contributed by atoms with Gasteiger partial charge in [-0.15, -0.1) is 11.3 Å². The Labute approximate surface area is 280 Å². The summed E-state index contributed by atoms with van der Waals surface area (Å²) in [6.07, 6.45) is 0. The summed E-state index contributed by atoms with van der Waals surface area (Å²) in [6, 6.07) is 55.5. The molecule has 3 heterocycles. The molecule has 3 nitrogen and oxygen atoms in total. The molecule has 0 atom stereocenters. The van der Waals surface area contributed by atoms with Crippen molar-refractivity contribution in [2.75, 3.05) is 0 Å². The molecule has 0 unspecified atom stereocenters. The predicted molar refractivity (Wildman–Crippen MR) is 201 cm³/mol. The summed E-state index contributed by atoms with van der Waals surface area (Å²) >= 11 is 1.74. The van der Waals surface area contributed by atoms with E-state index in [2.05, 4.69) is 140 Å². The Morgan fingerprint density at radius 2 is 1.10 bits per heavy atom. The second-order valence-corrected chi connectivity index (χ2v) is 13.2. The molecule has 0 aliphatic rings. The summed E-state index contributed by atoms with van der Waals surface area (Å²) in [5.74, 6) is 0. The fraction of sp³-hybridized carbons (Fsp3) is 0. The average Bonchev–Trinajstić information content (AvgIpc) is 3.76. The molecule has 3 aromatic heterocycles. The molecule has 0 saturated heterocycles. The van der Waals surface area contributed by atoms with Crippen molar-refractivity contribution < 1.29 is 4.42 Å². The third-order valence-corrected chi connectivity index (χ3v) is 10.3. The number of furan rings is 1. The molecule has 0 radical (unpaired) electrons. The van der Waals surface area contributed by atoms with E-state index in [1.807, 2.05) is 18.2 Å². The monoisotopic (exact) mass is 630 g/mol. The lowest BCUT2D eigenvalue weighted by Crippen LogP contribution is -1.93. The smallest absolute Gasteiger partial charge is 0.136 e. The lowest BCUT2D eigenvalue weighted by molar-refractivity contribution is 0.669. The third kappa shape index (κ3) is 4.27. The molecule has 0 bridgehead atoms. The van der Waals surface area contributed by atoms with Crippen LogP contribution in [0.3, 0.4) is 0 Å². The molecule has 10 rings (SSSR count). The number of hydrogen-bond donors (Lipinski definition) is 0. The van der Waals surface area contributed by atoms with Crippen molar-refractivity contribution in [3.05, 3.63) is 158 Å². The van der Waals surface area contributed by atoms with Crippen LogP contribution in [0.25, 0.3) is 97.9 Å². The van der Waals surface area contributed by atoms with Crippen LogP contribution in [0.4, 0.5) is 0 Å². The van der Waals surface area contributed by atoms with Crippen LogP contribution in [-0.2, 0) is 0 Å². The Morgan fingerprint density at radius 3 is 1.96 bits per heavy atom. The maximum atomic E-state index is 6.59. The van der Waals surface area contributed by atoms with Crippen molar-refractivity contribution >= 4 is 65.2 Å². The third-order valence-electron chi connectivity index (χ3n) is 9.27. The lowest BCUT2D eigenvalue weighted by atomic mass is 9.88. The second kappa shape index (κ2) is 10.7. The van der Waals surface area contributed by atoms with Gasteiger partial charge in [0.2, 0.25) is 0 Å². The summed E-state index contributed by atoms with van der Waals surface area (Å²) in [7, 11) is 0. The van der Waals surface area contributed by atoms with E-state index in [1.165, 1.54) is 10.1 Å². The van der Waals surface area contributed by atoms with Crippen LogP contribution in [0.2, 0.25) is 0 Å². The molecule has 0 aliphatic carbocycles. The van der Waals surface area contributed by atoms with Crippen molar-refractivity contribution in [2.24, 2.45) is 0 Å². The van der Waals surface area contributed by atoms with E-state index in [0.29, 0.717) is 0 Å². The molecular weight excluding hydrogens is 605 g/mol. The number of pyridine rings is 1. The topological polar surface area (TPSA) is 38.9 Å². The van der Waals surface area contributed by atoms with Gasteiger partial charge in [0.15, 0.2) is 0 Å². The number of rotatable bonds is 4. The Bertz CT molecular complexity index is 2830. The first-order valence-corrected chi connectivity index (χ1v) is 16.9. The van der Waals surface area contributed by atoms with Crippen LogP contribution in [0, 0.1) is 0 Å². The Morgan fingerprint density at radius 1 is 0.417 bits per heavy atom. The van der Waals surface area contributed by atoms with Crippen molar-refractivity contribution in [2.45, 2.75) is 0 Å². The summed E-state index contributed by atoms with van der Waals surface area (Å²) in [6.45, 7) is 0. The van der Waals surface area contributed by atoms with Crippen molar-refractivity contribution in [1.29, 1.82) is 0 Å². The number of fused-ring (bicyclic) bond motifs is 7. The Hall–Kier alpha value is -6.10. The van der Waals surface area contributed by atoms with Gasteiger partial charge in [-0.25, -0.2) is 9.97 Å². The van der Waals surface area contributed by atoms with Gasteiger partial charge in [0, 0.05) is 43.6 Å². The quantitative estimate of drug-likeness (QED) is 0.182. The summed E-state index contributed by atoms with van der Waals surface area (Å²) in [4.78, 5) is 10.2. The molecule has 224 valence electrons. The van der Waals surface area contributed by atoms with Crippen molar-refractivity contribution in [3.8, 4) is 44.1 Å². The molecule has 0 amide bonds. The first-order valence-electron chi connectivity index (χ1n) is 16.1. The summed E-state index contributed by atoms with van der Waals surface area (Å²) < 4.78 is 7.77. The van der Waals surface area contributed by atoms with Gasteiger partial charge in [0.05, 0.1) is 21.4 Å². The lowest BCUT2D eigenvalue weighted by Gasteiger charge is -2.16. The number of thiazole rings is 1. The zero-order valence-corrected chi connectivity index (χ0v) is 26.5. The fourth-order valence-corrected chi connectivity index (χ4v) is 8.09. The van der Waals surface area contributed by atoms with Crippen LogP contribution < -0.4 is 0 Å². The van der Waals surface area contributed by atoms with Crippen molar-refractivity contribution in [3.63, 3.8) is 0 Å². The molecule has 0 aliphatic heterocycles. The zero-order valence-electron chi connectivity index (χ0n) is 25.7. The highest BCUT2D eigenvalue weighted by Crippen LogP contribution is 2.47. The maximum Gasteiger partial charge on any atom is 0.136 e. The molecule has 0 fully saturated rings. The molecule has 48 heavy (non-hydrogen) atoms. The summed E-state index contributed by atoms with van der Waals surface area (Å²) in [5.41, 5.74) is 11.5. The van der Waals surface area contributed by atoms with Crippen molar-refractivity contribution in [1.82, 2.24) is 9.97 Å². The summed E-state index contributed by atoms with van der Waals surface area (Å²) in [5, 5.41) is 6.65. The van der Waals surface area contributed by atoms with Crippen LogP contribution in [-0.4, -0.2) is 9.97 Å². The first kappa shape index (κ1) is 27.1.